The summed E-state index contributed by atoms with van der Waals surface area (Å²) >= 11 is 9.76. The molecule has 5 nitrogen and oxygen atoms in total. The maximum absolute atomic E-state index is 9.34. The fourth-order valence-corrected chi connectivity index (χ4v) is 4.51. The van der Waals surface area contributed by atoms with E-state index in [0.29, 0.717) is 32.9 Å². The minimum absolute atomic E-state index is 0.0918. The van der Waals surface area contributed by atoms with Gasteiger partial charge in [-0.05, 0) is 59.7 Å². The van der Waals surface area contributed by atoms with Gasteiger partial charge in [0.25, 0.3) is 0 Å². The molecule has 0 spiro atoms. The van der Waals surface area contributed by atoms with Crippen molar-refractivity contribution in [1.82, 2.24) is 19.5 Å². The van der Waals surface area contributed by atoms with E-state index in [1.807, 2.05) is 30.3 Å². The van der Waals surface area contributed by atoms with Crippen molar-refractivity contribution in [3.8, 4) is 29.7 Å². The zero-order valence-corrected chi connectivity index (χ0v) is 17.4. The highest BCUT2D eigenvalue weighted by atomic mass is 79.9. The lowest BCUT2D eigenvalue weighted by Crippen LogP contribution is -2.18. The second-order valence-electron chi connectivity index (χ2n) is 7.07. The van der Waals surface area contributed by atoms with Gasteiger partial charge in [-0.2, -0.15) is 10.2 Å². The molecule has 0 saturated heterocycles. The van der Waals surface area contributed by atoms with E-state index in [0.717, 1.165) is 43.3 Å². The third-order valence-electron chi connectivity index (χ3n) is 5.28. The largest absolute Gasteiger partial charge is 0.315 e. The van der Waals surface area contributed by atoms with Crippen LogP contribution in [0.2, 0.25) is 5.02 Å². The Bertz CT molecular complexity index is 1120. The van der Waals surface area contributed by atoms with Crippen molar-refractivity contribution in [3.05, 3.63) is 39.8 Å². The summed E-state index contributed by atoms with van der Waals surface area (Å²) in [5.74, 6) is 3.88. The molecule has 0 N–H and O–H groups in total. The Hall–Kier alpha value is -2.41. The summed E-state index contributed by atoms with van der Waals surface area (Å²) in [6.45, 7) is 0.803. The van der Waals surface area contributed by atoms with Crippen molar-refractivity contribution in [1.29, 1.82) is 5.26 Å². The SMILES string of the molecule is C#CC1CCC(Cn2c(Br)nc3nc(C#N)nc(-c4cccc(Cl)c4)c32)CC1. The quantitative estimate of drug-likeness (QED) is 0.402. The van der Waals surface area contributed by atoms with Gasteiger partial charge in [-0.1, -0.05) is 23.7 Å². The molecule has 0 radical (unpaired) electrons. The van der Waals surface area contributed by atoms with E-state index in [9.17, 15) is 5.26 Å². The lowest BCUT2D eigenvalue weighted by Gasteiger charge is -2.26. The Balaban J connectivity index is 1.80. The predicted octanol–water partition coefficient (Wildman–Crippen LogP) is 5.22. The van der Waals surface area contributed by atoms with Gasteiger partial charge in [0.05, 0.1) is 0 Å². The molecule has 0 atom stereocenters. The highest BCUT2D eigenvalue weighted by Gasteiger charge is 2.24. The van der Waals surface area contributed by atoms with E-state index in [2.05, 4.69) is 41.4 Å². The van der Waals surface area contributed by atoms with E-state index in [1.54, 1.807) is 0 Å². The fraction of sp³-hybridized carbons (Fsp3) is 0.333. The zero-order chi connectivity index (χ0) is 19.7. The van der Waals surface area contributed by atoms with Crippen molar-refractivity contribution in [2.75, 3.05) is 0 Å². The molecular weight excluding hydrogens is 438 g/mol. The number of aromatic nitrogens is 4. The number of hydrogen-bond donors (Lipinski definition) is 0. The Morgan fingerprint density at radius 3 is 2.68 bits per heavy atom. The third-order valence-corrected chi connectivity index (χ3v) is 6.12. The topological polar surface area (TPSA) is 67.4 Å². The number of hydrogen-bond acceptors (Lipinski definition) is 4. The normalized spacial score (nSPS) is 19.3. The molecular formula is C21H17BrClN5. The average Bonchev–Trinajstić information content (AvgIpc) is 3.02. The Labute approximate surface area is 176 Å². The molecule has 2 aromatic heterocycles. The summed E-state index contributed by atoms with van der Waals surface area (Å²) in [5.41, 5.74) is 2.82. The molecule has 1 aromatic carbocycles. The second kappa shape index (κ2) is 7.91. The van der Waals surface area contributed by atoms with Gasteiger partial charge >= 0.3 is 0 Å². The molecule has 0 unspecified atom stereocenters. The molecule has 1 saturated carbocycles. The van der Waals surface area contributed by atoms with E-state index < -0.39 is 0 Å². The molecule has 0 aliphatic heterocycles. The summed E-state index contributed by atoms with van der Waals surface area (Å²) in [7, 11) is 0. The number of imidazole rings is 1. The smallest absolute Gasteiger partial charge is 0.234 e. The second-order valence-corrected chi connectivity index (χ2v) is 8.21. The van der Waals surface area contributed by atoms with Gasteiger partial charge in [-0.25, -0.2) is 9.97 Å². The highest BCUT2D eigenvalue weighted by Crippen LogP contribution is 2.34. The molecule has 1 aliphatic carbocycles. The lowest BCUT2D eigenvalue weighted by atomic mass is 9.82. The molecule has 7 heteroatoms. The monoisotopic (exact) mass is 453 g/mol. The highest BCUT2D eigenvalue weighted by molar-refractivity contribution is 9.10. The van der Waals surface area contributed by atoms with Crippen molar-refractivity contribution < 1.29 is 0 Å². The van der Waals surface area contributed by atoms with Crippen LogP contribution in [0.15, 0.2) is 29.0 Å². The first-order valence-corrected chi connectivity index (χ1v) is 10.3. The summed E-state index contributed by atoms with van der Waals surface area (Å²) in [6, 6.07) is 9.48. The average molecular weight is 455 g/mol. The standard InChI is InChI=1S/C21H17BrClN5/c1-2-13-6-8-14(9-7-13)12-28-19-18(15-4-3-5-16(23)10-15)25-17(11-24)26-20(19)27-21(28)22/h1,3-5,10,13-14H,6-9,12H2. The van der Waals surface area contributed by atoms with Crippen molar-refractivity contribution >= 4 is 38.7 Å². The van der Waals surface area contributed by atoms with Crippen molar-refractivity contribution in [2.45, 2.75) is 32.2 Å². The molecule has 0 bridgehead atoms. The first-order valence-electron chi connectivity index (χ1n) is 9.15. The van der Waals surface area contributed by atoms with Gasteiger partial charge < -0.3 is 4.57 Å². The van der Waals surface area contributed by atoms with E-state index in [-0.39, 0.29) is 5.82 Å². The Kier molecular flexibility index (Phi) is 5.35. The number of rotatable bonds is 3. The number of nitriles is 1. The molecule has 140 valence electrons. The van der Waals surface area contributed by atoms with Gasteiger partial charge in [0, 0.05) is 23.0 Å². The number of fused-ring (bicyclic) bond motifs is 1. The van der Waals surface area contributed by atoms with Crippen molar-refractivity contribution in [2.24, 2.45) is 11.8 Å². The summed E-state index contributed by atoms with van der Waals surface area (Å²) in [4.78, 5) is 13.3. The van der Waals surface area contributed by atoms with Gasteiger partial charge in [-0.3, -0.25) is 0 Å². The lowest BCUT2D eigenvalue weighted by molar-refractivity contribution is 0.287. The van der Waals surface area contributed by atoms with Crippen LogP contribution in [0.1, 0.15) is 31.5 Å². The minimum atomic E-state index is 0.0918. The number of benzene rings is 1. The van der Waals surface area contributed by atoms with Crippen LogP contribution in [0.5, 0.6) is 0 Å². The van der Waals surface area contributed by atoms with Gasteiger partial charge in [-0.15, -0.1) is 12.3 Å². The van der Waals surface area contributed by atoms with Crippen LogP contribution in [0.3, 0.4) is 0 Å². The third kappa shape index (κ3) is 3.63. The van der Waals surface area contributed by atoms with Crippen molar-refractivity contribution in [3.63, 3.8) is 0 Å². The maximum Gasteiger partial charge on any atom is 0.234 e. The minimum Gasteiger partial charge on any atom is -0.315 e. The maximum atomic E-state index is 9.34. The zero-order valence-electron chi connectivity index (χ0n) is 15.1. The van der Waals surface area contributed by atoms with Crippen LogP contribution < -0.4 is 0 Å². The summed E-state index contributed by atoms with van der Waals surface area (Å²) < 4.78 is 2.79. The van der Waals surface area contributed by atoms with E-state index in [4.69, 9.17) is 18.0 Å². The molecule has 4 rings (SSSR count). The summed E-state index contributed by atoms with van der Waals surface area (Å²) in [6.07, 6.45) is 9.87. The number of halogens is 2. The molecule has 28 heavy (non-hydrogen) atoms. The number of nitrogens with zero attached hydrogens (tertiary/aromatic N) is 5. The van der Waals surface area contributed by atoms with Crippen LogP contribution in [0, 0.1) is 35.5 Å². The van der Waals surface area contributed by atoms with Crippen LogP contribution >= 0.6 is 27.5 Å². The van der Waals surface area contributed by atoms with Crippen LogP contribution in [-0.4, -0.2) is 19.5 Å². The fourth-order valence-electron chi connectivity index (χ4n) is 3.83. The first-order chi connectivity index (χ1) is 13.6. The predicted molar refractivity (Wildman–Crippen MR) is 112 cm³/mol. The van der Waals surface area contributed by atoms with Crippen LogP contribution in [0.25, 0.3) is 22.4 Å². The Morgan fingerprint density at radius 2 is 2.00 bits per heavy atom. The molecule has 0 amide bonds. The summed E-state index contributed by atoms with van der Waals surface area (Å²) in [5, 5.41) is 9.96. The first kappa shape index (κ1) is 18.9. The molecule has 1 aliphatic rings. The van der Waals surface area contributed by atoms with Crippen LogP contribution in [-0.2, 0) is 6.54 Å². The van der Waals surface area contributed by atoms with E-state index in [1.165, 1.54) is 0 Å². The Morgan fingerprint density at radius 1 is 1.21 bits per heavy atom. The van der Waals surface area contributed by atoms with E-state index >= 15 is 0 Å². The number of terminal acetylenes is 1. The van der Waals surface area contributed by atoms with Gasteiger partial charge in [0.2, 0.25) is 5.82 Å². The van der Waals surface area contributed by atoms with Crippen LogP contribution in [0.4, 0.5) is 0 Å². The molecule has 2 heterocycles. The van der Waals surface area contributed by atoms with Gasteiger partial charge in [0.15, 0.2) is 10.4 Å². The molecule has 3 aromatic rings. The van der Waals surface area contributed by atoms with Gasteiger partial charge in [0.1, 0.15) is 17.3 Å². The molecule has 1 fully saturated rings.